The minimum absolute atomic E-state index is 0.0228. The highest BCUT2D eigenvalue weighted by atomic mass is 16.7. The van der Waals surface area contributed by atoms with Crippen LogP contribution in [0.15, 0.2) is 24.3 Å². The molecule has 0 radical (unpaired) electrons. The molecule has 1 fully saturated rings. The van der Waals surface area contributed by atoms with Gasteiger partial charge in [0.1, 0.15) is 0 Å². The van der Waals surface area contributed by atoms with Crippen LogP contribution in [0.5, 0.6) is 0 Å². The van der Waals surface area contributed by atoms with Gasteiger partial charge in [0.05, 0.1) is 19.6 Å². The van der Waals surface area contributed by atoms with Crippen molar-refractivity contribution in [2.24, 2.45) is 0 Å². The van der Waals surface area contributed by atoms with Crippen molar-refractivity contribution in [1.82, 2.24) is 5.06 Å². The van der Waals surface area contributed by atoms with Crippen molar-refractivity contribution >= 4 is 11.6 Å². The van der Waals surface area contributed by atoms with Crippen molar-refractivity contribution < 1.29 is 9.63 Å². The van der Waals surface area contributed by atoms with E-state index < -0.39 is 0 Å². The number of hydrogen-bond donors (Lipinski definition) is 1. The van der Waals surface area contributed by atoms with Gasteiger partial charge in [0.15, 0.2) is 0 Å². The van der Waals surface area contributed by atoms with Gasteiger partial charge in [-0.05, 0) is 18.1 Å². The molecule has 0 aliphatic carbocycles. The molecule has 0 aromatic heterocycles. The van der Waals surface area contributed by atoms with Gasteiger partial charge in [-0.15, -0.1) is 0 Å². The molecule has 4 heteroatoms. The summed E-state index contributed by atoms with van der Waals surface area (Å²) in [5, 5.41) is 1.42. The smallest absolute Gasteiger partial charge is 0.250 e. The lowest BCUT2D eigenvalue weighted by Gasteiger charge is -2.14. The Morgan fingerprint density at radius 3 is 2.93 bits per heavy atom. The summed E-state index contributed by atoms with van der Waals surface area (Å²) in [5.41, 5.74) is 7.27. The predicted octanol–water partition coefficient (Wildman–Crippen LogP) is 0.975. The number of carbonyl (C=O) groups excluding carboxylic acids is 1. The van der Waals surface area contributed by atoms with E-state index in [0.29, 0.717) is 25.3 Å². The Morgan fingerprint density at radius 1 is 1.47 bits per heavy atom. The highest BCUT2D eigenvalue weighted by Crippen LogP contribution is 2.14. The number of hydroxylamine groups is 2. The Hall–Kier alpha value is -1.55. The molecule has 80 valence electrons. The van der Waals surface area contributed by atoms with E-state index in [4.69, 9.17) is 10.6 Å². The zero-order chi connectivity index (χ0) is 10.7. The van der Waals surface area contributed by atoms with Crippen molar-refractivity contribution in [3.63, 3.8) is 0 Å². The average Bonchev–Trinajstić information content (AvgIpc) is 2.74. The second kappa shape index (κ2) is 4.31. The number of rotatable bonds is 2. The number of para-hydroxylation sites is 1. The third kappa shape index (κ3) is 2.27. The molecular weight excluding hydrogens is 192 g/mol. The molecule has 1 aliphatic heterocycles. The average molecular weight is 206 g/mol. The van der Waals surface area contributed by atoms with Crippen LogP contribution < -0.4 is 5.73 Å². The number of carbonyl (C=O) groups is 1. The molecule has 0 spiro atoms. The van der Waals surface area contributed by atoms with Gasteiger partial charge in [-0.3, -0.25) is 9.63 Å². The highest BCUT2D eigenvalue weighted by Gasteiger charge is 2.19. The molecular formula is C11H14N2O2. The largest absolute Gasteiger partial charge is 0.398 e. The van der Waals surface area contributed by atoms with Crippen LogP contribution >= 0.6 is 0 Å². The van der Waals surface area contributed by atoms with Crippen LogP contribution in [0.4, 0.5) is 5.69 Å². The molecule has 0 bridgehead atoms. The predicted molar refractivity (Wildman–Crippen MR) is 56.8 cm³/mol. The number of amides is 1. The summed E-state index contributed by atoms with van der Waals surface area (Å²) in [7, 11) is 0. The SMILES string of the molecule is Nc1ccccc1CC(=O)N1CCCO1. The van der Waals surface area contributed by atoms with Crippen molar-refractivity contribution in [3.8, 4) is 0 Å². The fourth-order valence-electron chi connectivity index (χ4n) is 1.59. The summed E-state index contributed by atoms with van der Waals surface area (Å²) in [6, 6.07) is 7.40. The van der Waals surface area contributed by atoms with Crippen molar-refractivity contribution in [2.75, 3.05) is 18.9 Å². The summed E-state index contributed by atoms with van der Waals surface area (Å²) in [5.74, 6) is -0.0228. The third-order valence-corrected chi connectivity index (χ3v) is 2.43. The van der Waals surface area contributed by atoms with Crippen LogP contribution in [-0.4, -0.2) is 24.1 Å². The van der Waals surface area contributed by atoms with Crippen LogP contribution in [0.25, 0.3) is 0 Å². The molecule has 1 saturated heterocycles. The molecule has 4 nitrogen and oxygen atoms in total. The van der Waals surface area contributed by atoms with Gasteiger partial charge in [0.25, 0.3) is 5.91 Å². The molecule has 0 atom stereocenters. The summed E-state index contributed by atoms with van der Waals surface area (Å²) >= 11 is 0. The first kappa shape index (κ1) is 9.98. The minimum Gasteiger partial charge on any atom is -0.398 e. The molecule has 1 amide bonds. The number of nitrogens with two attached hydrogens (primary N) is 1. The fraction of sp³-hybridized carbons (Fsp3) is 0.364. The first-order valence-corrected chi connectivity index (χ1v) is 5.04. The maximum absolute atomic E-state index is 11.7. The Bertz CT molecular complexity index is 359. The lowest BCUT2D eigenvalue weighted by Crippen LogP contribution is -2.28. The Labute approximate surface area is 88.6 Å². The zero-order valence-corrected chi connectivity index (χ0v) is 8.48. The monoisotopic (exact) mass is 206 g/mol. The number of hydrogen-bond acceptors (Lipinski definition) is 3. The van der Waals surface area contributed by atoms with Crippen molar-refractivity contribution in [2.45, 2.75) is 12.8 Å². The number of nitrogens with zero attached hydrogens (tertiary/aromatic N) is 1. The first-order valence-electron chi connectivity index (χ1n) is 5.04. The summed E-state index contributed by atoms with van der Waals surface area (Å²) in [6.07, 6.45) is 1.22. The summed E-state index contributed by atoms with van der Waals surface area (Å²) < 4.78 is 0. The van der Waals surface area contributed by atoms with Crippen LogP contribution in [0.3, 0.4) is 0 Å². The van der Waals surface area contributed by atoms with E-state index in [-0.39, 0.29) is 5.91 Å². The van der Waals surface area contributed by atoms with Gasteiger partial charge in [-0.25, -0.2) is 5.06 Å². The second-order valence-electron chi connectivity index (χ2n) is 3.56. The quantitative estimate of drug-likeness (QED) is 0.734. The molecule has 2 N–H and O–H groups in total. The van der Waals surface area contributed by atoms with Gasteiger partial charge in [-0.2, -0.15) is 0 Å². The van der Waals surface area contributed by atoms with Gasteiger partial charge >= 0.3 is 0 Å². The van der Waals surface area contributed by atoms with Gasteiger partial charge in [-0.1, -0.05) is 18.2 Å². The summed E-state index contributed by atoms with van der Waals surface area (Å²) in [4.78, 5) is 16.9. The summed E-state index contributed by atoms with van der Waals surface area (Å²) in [6.45, 7) is 1.32. The molecule has 1 aliphatic rings. The lowest BCUT2D eigenvalue weighted by molar-refractivity contribution is -0.167. The maximum Gasteiger partial charge on any atom is 0.250 e. The van der Waals surface area contributed by atoms with Crippen LogP contribution in [0.1, 0.15) is 12.0 Å². The van der Waals surface area contributed by atoms with E-state index in [0.717, 1.165) is 12.0 Å². The van der Waals surface area contributed by atoms with Crippen molar-refractivity contribution in [3.05, 3.63) is 29.8 Å². The Morgan fingerprint density at radius 2 is 2.27 bits per heavy atom. The van der Waals surface area contributed by atoms with E-state index in [1.165, 1.54) is 5.06 Å². The maximum atomic E-state index is 11.7. The van der Waals surface area contributed by atoms with Crippen LogP contribution in [0.2, 0.25) is 0 Å². The molecule has 1 aromatic carbocycles. The third-order valence-electron chi connectivity index (χ3n) is 2.43. The van der Waals surface area contributed by atoms with Crippen LogP contribution in [-0.2, 0) is 16.1 Å². The molecule has 1 aromatic rings. The minimum atomic E-state index is -0.0228. The Balaban J connectivity index is 2.02. The molecule has 0 unspecified atom stereocenters. The molecule has 15 heavy (non-hydrogen) atoms. The number of benzene rings is 1. The molecule has 1 heterocycles. The van der Waals surface area contributed by atoms with E-state index in [1.54, 1.807) is 6.07 Å². The van der Waals surface area contributed by atoms with Gasteiger partial charge < -0.3 is 5.73 Å². The van der Waals surface area contributed by atoms with E-state index in [2.05, 4.69) is 0 Å². The van der Waals surface area contributed by atoms with Crippen LogP contribution in [0, 0.1) is 0 Å². The lowest BCUT2D eigenvalue weighted by atomic mass is 10.1. The number of anilines is 1. The molecule has 2 rings (SSSR count). The van der Waals surface area contributed by atoms with Gasteiger partial charge in [0, 0.05) is 5.69 Å². The van der Waals surface area contributed by atoms with E-state index >= 15 is 0 Å². The standard InChI is InChI=1S/C11H14N2O2/c12-10-5-2-1-4-9(10)8-11(14)13-6-3-7-15-13/h1-2,4-5H,3,6-8,12H2. The highest BCUT2D eigenvalue weighted by molar-refractivity contribution is 5.79. The molecule has 0 saturated carbocycles. The van der Waals surface area contributed by atoms with E-state index in [9.17, 15) is 4.79 Å². The normalized spacial score (nSPS) is 15.6. The van der Waals surface area contributed by atoms with Gasteiger partial charge in [0.2, 0.25) is 0 Å². The van der Waals surface area contributed by atoms with E-state index in [1.807, 2.05) is 18.2 Å². The van der Waals surface area contributed by atoms with Crippen molar-refractivity contribution in [1.29, 1.82) is 0 Å². The second-order valence-corrected chi connectivity index (χ2v) is 3.56. The topological polar surface area (TPSA) is 55.6 Å². The first-order chi connectivity index (χ1) is 7.27. The fourth-order valence-corrected chi connectivity index (χ4v) is 1.59. The Kier molecular flexibility index (Phi) is 2.87. The zero-order valence-electron chi connectivity index (χ0n) is 8.48. The number of nitrogen functional groups attached to an aromatic ring is 1.